The first-order valence-corrected chi connectivity index (χ1v) is 10.6. The Balaban J connectivity index is 1.66. The van der Waals surface area contributed by atoms with Crippen LogP contribution >= 0.6 is 0 Å². The highest BCUT2D eigenvalue weighted by Crippen LogP contribution is 2.33. The van der Waals surface area contributed by atoms with E-state index in [4.69, 9.17) is 0 Å². The summed E-state index contributed by atoms with van der Waals surface area (Å²) in [6.07, 6.45) is 2.96. The third-order valence-corrected chi connectivity index (χ3v) is 5.49. The summed E-state index contributed by atoms with van der Waals surface area (Å²) in [5.41, 5.74) is 1.87. The Morgan fingerprint density at radius 3 is 2.19 bits per heavy atom. The summed E-state index contributed by atoms with van der Waals surface area (Å²) in [7, 11) is 0. The molecule has 3 rings (SSSR count). The fraction of sp³-hybridized carbons (Fsp3) is 0.259. The van der Waals surface area contributed by atoms with E-state index in [0.717, 1.165) is 12.0 Å². The molecule has 0 fully saturated rings. The number of rotatable bonds is 8. The number of hydrogen-bond donors (Lipinski definition) is 0. The molecule has 0 unspecified atom stereocenters. The number of hydrogen-bond acceptors (Lipinski definition) is 0. The van der Waals surface area contributed by atoms with Crippen molar-refractivity contribution >= 4 is 6.08 Å². The molecule has 5 heteroatoms. The quantitative estimate of drug-likeness (QED) is 0.305. The summed E-state index contributed by atoms with van der Waals surface area (Å²) in [6.45, 7) is 3.38. The van der Waals surface area contributed by atoms with Crippen LogP contribution in [-0.2, 0) is 12.8 Å². The van der Waals surface area contributed by atoms with Gasteiger partial charge in [0.1, 0.15) is 5.82 Å². The fourth-order valence-corrected chi connectivity index (χ4v) is 3.69. The van der Waals surface area contributed by atoms with Crippen LogP contribution in [0.15, 0.2) is 54.6 Å². The molecule has 0 nitrogen and oxygen atoms in total. The van der Waals surface area contributed by atoms with Crippen LogP contribution < -0.4 is 0 Å². The van der Waals surface area contributed by atoms with Crippen molar-refractivity contribution < 1.29 is 22.0 Å². The van der Waals surface area contributed by atoms with Crippen LogP contribution in [0.4, 0.5) is 22.0 Å². The summed E-state index contributed by atoms with van der Waals surface area (Å²) in [5, 5.41) is 0. The van der Waals surface area contributed by atoms with Gasteiger partial charge in [-0.2, -0.15) is 0 Å². The van der Waals surface area contributed by atoms with Crippen molar-refractivity contribution in [3.8, 4) is 11.1 Å². The minimum Gasteiger partial charge on any atom is -0.206 e. The topological polar surface area (TPSA) is 0 Å². The van der Waals surface area contributed by atoms with Crippen molar-refractivity contribution in [3.63, 3.8) is 0 Å². The maximum atomic E-state index is 14.6. The lowest BCUT2D eigenvalue weighted by Crippen LogP contribution is -1.98. The van der Waals surface area contributed by atoms with E-state index in [2.05, 4.69) is 0 Å². The summed E-state index contributed by atoms with van der Waals surface area (Å²) in [5.74, 6) is -2.52. The van der Waals surface area contributed by atoms with Gasteiger partial charge in [-0.25, -0.2) is 22.0 Å². The first-order chi connectivity index (χ1) is 15.3. The van der Waals surface area contributed by atoms with Crippen molar-refractivity contribution in [2.75, 3.05) is 0 Å². The van der Waals surface area contributed by atoms with Gasteiger partial charge in [0.15, 0.2) is 11.6 Å². The van der Waals surface area contributed by atoms with E-state index in [9.17, 15) is 22.0 Å². The van der Waals surface area contributed by atoms with Gasteiger partial charge in [0, 0.05) is 11.1 Å². The van der Waals surface area contributed by atoms with Crippen LogP contribution in [0.3, 0.4) is 0 Å². The maximum Gasteiger partial charge on any atom is 0.266 e. The summed E-state index contributed by atoms with van der Waals surface area (Å²) in [4.78, 5) is 0. The lowest BCUT2D eigenvalue weighted by Gasteiger charge is -2.11. The predicted octanol–water partition coefficient (Wildman–Crippen LogP) is 8.62. The molecule has 0 aliphatic carbocycles. The molecule has 0 amide bonds. The molecule has 0 atom stereocenters. The molecular formula is C27H25F5. The summed E-state index contributed by atoms with van der Waals surface area (Å²) >= 11 is 0. The fourth-order valence-electron chi connectivity index (χ4n) is 3.69. The maximum absolute atomic E-state index is 14.6. The Labute approximate surface area is 185 Å². The normalized spacial score (nSPS) is 11.6. The van der Waals surface area contributed by atoms with Crippen LogP contribution in [-0.4, -0.2) is 0 Å². The zero-order valence-corrected chi connectivity index (χ0v) is 18.1. The minimum atomic E-state index is -2.87. The largest absolute Gasteiger partial charge is 0.266 e. The average Bonchev–Trinajstić information content (AvgIpc) is 2.76. The highest BCUT2D eigenvalue weighted by molar-refractivity contribution is 5.66. The second-order valence-electron chi connectivity index (χ2n) is 7.79. The summed E-state index contributed by atoms with van der Waals surface area (Å²) in [6, 6.07) is 13.2. The highest BCUT2D eigenvalue weighted by Gasteiger charge is 2.20. The minimum absolute atomic E-state index is 0.140. The SMILES string of the molecule is CCCc1ccc(/C=C/CCc2ccc(-c3ccc(C)c(C(F)F)c3F)cc2)c(F)c1F. The molecule has 0 bridgehead atoms. The molecule has 3 aromatic carbocycles. The van der Waals surface area contributed by atoms with Crippen molar-refractivity contribution in [1.82, 2.24) is 0 Å². The molecular weight excluding hydrogens is 419 g/mol. The molecule has 0 radical (unpaired) electrons. The average molecular weight is 444 g/mol. The van der Waals surface area contributed by atoms with Gasteiger partial charge < -0.3 is 0 Å². The molecule has 0 aliphatic heterocycles. The molecule has 0 spiro atoms. The monoisotopic (exact) mass is 444 g/mol. The van der Waals surface area contributed by atoms with Crippen molar-refractivity contribution in [2.45, 2.75) is 46.0 Å². The molecule has 0 aliphatic rings. The van der Waals surface area contributed by atoms with Gasteiger partial charge in [0.05, 0.1) is 5.56 Å². The zero-order valence-electron chi connectivity index (χ0n) is 18.1. The Morgan fingerprint density at radius 2 is 1.53 bits per heavy atom. The van der Waals surface area contributed by atoms with Crippen LogP contribution in [0.1, 0.15) is 54.0 Å². The van der Waals surface area contributed by atoms with Gasteiger partial charge in [0.2, 0.25) is 0 Å². The standard InChI is InChI=1S/C27H25F5/c1-3-6-20-14-15-21(25(29)24(20)28)8-5-4-7-18-10-12-19(13-11-18)22-16-9-17(2)23(26(22)30)27(31)32/h5,8-16,27H,3-4,6-7H2,1-2H3/b8-5+. The Morgan fingerprint density at radius 1 is 0.812 bits per heavy atom. The van der Waals surface area contributed by atoms with E-state index in [-0.39, 0.29) is 16.7 Å². The highest BCUT2D eigenvalue weighted by atomic mass is 19.3. The predicted molar refractivity (Wildman–Crippen MR) is 119 cm³/mol. The van der Waals surface area contributed by atoms with Crippen LogP contribution in [0.5, 0.6) is 0 Å². The lowest BCUT2D eigenvalue weighted by atomic mass is 9.97. The number of allylic oxidation sites excluding steroid dienone is 1. The Bertz CT molecular complexity index is 1100. The first-order valence-electron chi connectivity index (χ1n) is 10.6. The van der Waals surface area contributed by atoms with E-state index in [1.807, 2.05) is 19.1 Å². The van der Waals surface area contributed by atoms with Crippen molar-refractivity contribution in [3.05, 3.63) is 99.9 Å². The third kappa shape index (κ3) is 5.26. The van der Waals surface area contributed by atoms with Crippen LogP contribution in [0, 0.1) is 24.4 Å². The molecule has 3 aromatic rings. The van der Waals surface area contributed by atoms with Gasteiger partial charge in [-0.15, -0.1) is 0 Å². The molecule has 0 aromatic heterocycles. The third-order valence-electron chi connectivity index (χ3n) is 5.49. The Kier molecular flexibility index (Phi) is 7.84. The molecule has 0 heterocycles. The van der Waals surface area contributed by atoms with Gasteiger partial charge >= 0.3 is 0 Å². The number of aryl methyl sites for hydroxylation is 3. The van der Waals surface area contributed by atoms with Gasteiger partial charge in [-0.05, 0) is 48.4 Å². The zero-order chi connectivity index (χ0) is 23.3. The second kappa shape index (κ2) is 10.6. The van der Waals surface area contributed by atoms with E-state index >= 15 is 0 Å². The number of alkyl halides is 2. The van der Waals surface area contributed by atoms with Gasteiger partial charge in [0.25, 0.3) is 6.43 Å². The van der Waals surface area contributed by atoms with Crippen molar-refractivity contribution in [2.24, 2.45) is 0 Å². The number of benzene rings is 3. The molecule has 168 valence electrons. The summed E-state index contributed by atoms with van der Waals surface area (Å²) < 4.78 is 69.1. The van der Waals surface area contributed by atoms with E-state index < -0.39 is 29.4 Å². The van der Waals surface area contributed by atoms with Gasteiger partial charge in [-0.1, -0.05) is 74.0 Å². The smallest absolute Gasteiger partial charge is 0.206 e. The number of halogens is 5. The first kappa shape index (κ1) is 23.7. The molecule has 0 saturated carbocycles. The second-order valence-corrected chi connectivity index (χ2v) is 7.79. The van der Waals surface area contributed by atoms with E-state index in [0.29, 0.717) is 30.4 Å². The van der Waals surface area contributed by atoms with Crippen molar-refractivity contribution in [1.29, 1.82) is 0 Å². The van der Waals surface area contributed by atoms with Crippen LogP contribution in [0.2, 0.25) is 0 Å². The van der Waals surface area contributed by atoms with E-state index in [1.165, 1.54) is 19.1 Å². The Hall–Kier alpha value is -2.95. The van der Waals surface area contributed by atoms with Crippen LogP contribution in [0.25, 0.3) is 17.2 Å². The molecule has 0 saturated heterocycles. The molecule has 32 heavy (non-hydrogen) atoms. The molecule has 0 N–H and O–H groups in total. The van der Waals surface area contributed by atoms with E-state index in [1.54, 1.807) is 36.4 Å². The van der Waals surface area contributed by atoms with Gasteiger partial charge in [-0.3, -0.25) is 0 Å². The lowest BCUT2D eigenvalue weighted by molar-refractivity contribution is 0.145.